The number of hydrogen-bond acceptors (Lipinski definition) is 2. The first kappa shape index (κ1) is 15.3. The lowest BCUT2D eigenvalue weighted by molar-refractivity contribution is -0.137. The van der Waals surface area contributed by atoms with E-state index in [1.165, 1.54) is 30.3 Å². The van der Waals surface area contributed by atoms with E-state index in [4.69, 9.17) is 10.5 Å². The van der Waals surface area contributed by atoms with Crippen LogP contribution in [-0.2, 0) is 6.18 Å². The summed E-state index contributed by atoms with van der Waals surface area (Å²) in [5, 5.41) is 0. The number of benzene rings is 2. The Morgan fingerprint density at radius 3 is 2.14 bits per heavy atom. The van der Waals surface area contributed by atoms with Crippen LogP contribution < -0.4 is 10.5 Å². The molecule has 0 saturated carbocycles. The molecule has 2 aromatic carbocycles. The molecule has 1 atom stereocenters. The summed E-state index contributed by atoms with van der Waals surface area (Å²) in [5.74, 6) is -0.276. The van der Waals surface area contributed by atoms with E-state index < -0.39 is 23.7 Å². The van der Waals surface area contributed by atoms with Crippen LogP contribution in [0.15, 0.2) is 48.5 Å². The van der Waals surface area contributed by atoms with Crippen LogP contribution in [0.3, 0.4) is 0 Å². The highest BCUT2D eigenvalue weighted by molar-refractivity contribution is 5.30. The van der Waals surface area contributed by atoms with Crippen molar-refractivity contribution in [1.82, 2.24) is 0 Å². The van der Waals surface area contributed by atoms with Crippen LogP contribution in [0, 0.1) is 5.82 Å². The van der Waals surface area contributed by atoms with Gasteiger partial charge in [-0.05, 0) is 30.3 Å². The normalized spacial score (nSPS) is 13.0. The van der Waals surface area contributed by atoms with Gasteiger partial charge in [-0.15, -0.1) is 0 Å². The summed E-state index contributed by atoms with van der Waals surface area (Å²) in [7, 11) is 0. The molecular formula is C15H13F4NO. The van der Waals surface area contributed by atoms with Crippen LogP contribution in [0.5, 0.6) is 5.75 Å². The van der Waals surface area contributed by atoms with Gasteiger partial charge < -0.3 is 10.5 Å². The molecule has 0 spiro atoms. The average molecular weight is 299 g/mol. The van der Waals surface area contributed by atoms with Crippen molar-refractivity contribution >= 4 is 0 Å². The van der Waals surface area contributed by atoms with Crippen LogP contribution in [0.2, 0.25) is 0 Å². The monoisotopic (exact) mass is 299 g/mol. The van der Waals surface area contributed by atoms with Gasteiger partial charge >= 0.3 is 6.18 Å². The second kappa shape index (κ2) is 6.13. The molecule has 0 saturated heterocycles. The molecule has 2 aromatic rings. The van der Waals surface area contributed by atoms with Gasteiger partial charge in [0.15, 0.2) is 0 Å². The SMILES string of the molecule is NCC(Oc1ccc(C(F)(F)F)cc1)c1ccccc1F. The third-order valence-corrected chi connectivity index (χ3v) is 2.93. The molecule has 112 valence electrons. The zero-order valence-corrected chi connectivity index (χ0v) is 10.9. The minimum absolute atomic E-state index is 0.00194. The summed E-state index contributed by atoms with van der Waals surface area (Å²) in [4.78, 5) is 0. The molecule has 1 unspecified atom stereocenters. The minimum Gasteiger partial charge on any atom is -0.484 e. The quantitative estimate of drug-likeness (QED) is 0.868. The molecule has 0 radical (unpaired) electrons. The van der Waals surface area contributed by atoms with Gasteiger partial charge in [0.25, 0.3) is 0 Å². The Kier molecular flexibility index (Phi) is 4.47. The molecule has 0 amide bonds. The van der Waals surface area contributed by atoms with Crippen molar-refractivity contribution in [3.05, 3.63) is 65.5 Å². The molecule has 6 heteroatoms. The van der Waals surface area contributed by atoms with E-state index in [2.05, 4.69) is 0 Å². The number of hydrogen-bond donors (Lipinski definition) is 1. The van der Waals surface area contributed by atoms with E-state index in [0.717, 1.165) is 12.1 Å². The topological polar surface area (TPSA) is 35.2 Å². The lowest BCUT2D eigenvalue weighted by atomic mass is 10.1. The number of halogens is 4. The van der Waals surface area contributed by atoms with Gasteiger partial charge in [0.1, 0.15) is 17.7 Å². The molecule has 2 nitrogen and oxygen atoms in total. The van der Waals surface area contributed by atoms with Gasteiger partial charge in [0.2, 0.25) is 0 Å². The van der Waals surface area contributed by atoms with Crippen molar-refractivity contribution in [1.29, 1.82) is 0 Å². The van der Waals surface area contributed by atoms with Gasteiger partial charge in [0, 0.05) is 12.1 Å². The van der Waals surface area contributed by atoms with Crippen LogP contribution in [0.1, 0.15) is 17.2 Å². The highest BCUT2D eigenvalue weighted by atomic mass is 19.4. The van der Waals surface area contributed by atoms with Crippen LogP contribution in [0.25, 0.3) is 0 Å². The minimum atomic E-state index is -4.41. The van der Waals surface area contributed by atoms with Crippen LogP contribution in [-0.4, -0.2) is 6.54 Å². The van der Waals surface area contributed by atoms with Gasteiger partial charge in [-0.25, -0.2) is 4.39 Å². The lowest BCUT2D eigenvalue weighted by Crippen LogP contribution is -2.19. The van der Waals surface area contributed by atoms with Crippen molar-refractivity contribution < 1.29 is 22.3 Å². The highest BCUT2D eigenvalue weighted by Gasteiger charge is 2.30. The number of rotatable bonds is 4. The molecule has 0 aliphatic heterocycles. The maximum atomic E-state index is 13.7. The van der Waals surface area contributed by atoms with Crippen molar-refractivity contribution in [2.45, 2.75) is 12.3 Å². The van der Waals surface area contributed by atoms with E-state index in [1.54, 1.807) is 6.07 Å². The molecule has 0 fully saturated rings. The first-order chi connectivity index (χ1) is 9.91. The second-order valence-electron chi connectivity index (χ2n) is 4.39. The molecule has 2 rings (SSSR count). The lowest BCUT2D eigenvalue weighted by Gasteiger charge is -2.18. The van der Waals surface area contributed by atoms with Gasteiger partial charge in [-0.2, -0.15) is 13.2 Å². The van der Waals surface area contributed by atoms with Crippen molar-refractivity contribution in [2.24, 2.45) is 5.73 Å². The first-order valence-electron chi connectivity index (χ1n) is 6.20. The Morgan fingerprint density at radius 2 is 1.62 bits per heavy atom. The maximum absolute atomic E-state index is 13.7. The van der Waals surface area contributed by atoms with Gasteiger partial charge in [-0.3, -0.25) is 0 Å². The van der Waals surface area contributed by atoms with E-state index in [-0.39, 0.29) is 17.9 Å². The zero-order chi connectivity index (χ0) is 15.5. The summed E-state index contributed by atoms with van der Waals surface area (Å²) >= 11 is 0. The molecule has 2 N–H and O–H groups in total. The van der Waals surface area contributed by atoms with E-state index in [0.29, 0.717) is 0 Å². The third-order valence-electron chi connectivity index (χ3n) is 2.93. The smallest absolute Gasteiger partial charge is 0.416 e. The van der Waals surface area contributed by atoms with Gasteiger partial charge in [0.05, 0.1) is 5.56 Å². The molecule has 0 aliphatic rings. The summed E-state index contributed by atoms with van der Waals surface area (Å²) in [6, 6.07) is 10.2. The molecule has 0 bridgehead atoms. The summed E-state index contributed by atoms with van der Waals surface area (Å²) in [6.07, 6.45) is -5.17. The van der Waals surface area contributed by atoms with Crippen LogP contribution in [0.4, 0.5) is 17.6 Å². The Bertz CT molecular complexity index is 595. The third kappa shape index (κ3) is 3.72. The summed E-state index contributed by atoms with van der Waals surface area (Å²) < 4.78 is 56.5. The Balaban J connectivity index is 2.18. The maximum Gasteiger partial charge on any atom is 0.416 e. The van der Waals surface area contributed by atoms with E-state index in [1.807, 2.05) is 0 Å². The van der Waals surface area contributed by atoms with Crippen molar-refractivity contribution in [3.8, 4) is 5.75 Å². The number of nitrogens with two attached hydrogens (primary N) is 1. The fourth-order valence-electron chi connectivity index (χ4n) is 1.86. The summed E-state index contributed by atoms with van der Waals surface area (Å²) in [6.45, 7) is 0.00194. The molecule has 0 heterocycles. The Labute approximate surface area is 119 Å². The predicted octanol–water partition coefficient (Wildman–Crippen LogP) is 3.92. The molecule has 0 aromatic heterocycles. The number of ether oxygens (including phenoxy) is 1. The molecule has 21 heavy (non-hydrogen) atoms. The fourth-order valence-corrected chi connectivity index (χ4v) is 1.86. The van der Waals surface area contributed by atoms with Crippen LogP contribution >= 0.6 is 0 Å². The Hall–Kier alpha value is -2.08. The first-order valence-corrected chi connectivity index (χ1v) is 6.20. The molecule has 0 aliphatic carbocycles. The predicted molar refractivity (Wildman–Crippen MR) is 70.3 cm³/mol. The second-order valence-corrected chi connectivity index (χ2v) is 4.39. The fraction of sp³-hybridized carbons (Fsp3) is 0.200. The average Bonchev–Trinajstić information content (AvgIpc) is 2.45. The summed E-state index contributed by atoms with van der Waals surface area (Å²) in [5.41, 5.74) is 5.04. The highest BCUT2D eigenvalue weighted by Crippen LogP contribution is 2.31. The molecular weight excluding hydrogens is 286 g/mol. The van der Waals surface area contributed by atoms with Crippen molar-refractivity contribution in [3.63, 3.8) is 0 Å². The van der Waals surface area contributed by atoms with E-state index in [9.17, 15) is 17.6 Å². The standard InChI is InChI=1S/C15H13F4NO/c16-13-4-2-1-3-12(13)14(9-20)21-11-7-5-10(6-8-11)15(17,18)19/h1-8,14H,9,20H2. The Morgan fingerprint density at radius 1 is 1.00 bits per heavy atom. The van der Waals surface area contributed by atoms with Crippen molar-refractivity contribution in [2.75, 3.05) is 6.54 Å². The van der Waals surface area contributed by atoms with Gasteiger partial charge in [-0.1, -0.05) is 18.2 Å². The van der Waals surface area contributed by atoms with E-state index >= 15 is 0 Å². The largest absolute Gasteiger partial charge is 0.484 e. The number of alkyl halides is 3. The zero-order valence-electron chi connectivity index (χ0n) is 10.9.